The molecule has 0 unspecified atom stereocenters. The lowest BCUT2D eigenvalue weighted by Crippen LogP contribution is -2.32. The molecule has 0 aromatic heterocycles. The van der Waals surface area contributed by atoms with Crippen LogP contribution < -0.4 is 14.2 Å². The number of ether oxygens (including phenoxy) is 4. The molecule has 0 saturated carbocycles. The zero-order valence-electron chi connectivity index (χ0n) is 18.0. The van der Waals surface area contributed by atoms with Crippen molar-refractivity contribution in [2.75, 3.05) is 33.5 Å². The van der Waals surface area contributed by atoms with Gasteiger partial charge in [0.15, 0.2) is 18.1 Å². The summed E-state index contributed by atoms with van der Waals surface area (Å²) in [7, 11) is 1.46. The Labute approximate surface area is 200 Å². The number of benzene rings is 2. The van der Waals surface area contributed by atoms with E-state index in [4.69, 9.17) is 30.5 Å². The second-order valence-corrected chi connectivity index (χ2v) is 8.07. The lowest BCUT2D eigenvalue weighted by Gasteiger charge is -2.13. The Balaban J connectivity index is 1.62. The molecule has 2 aromatic carbocycles. The van der Waals surface area contributed by atoms with Crippen LogP contribution in [-0.4, -0.2) is 55.5 Å². The third-order valence-electron chi connectivity index (χ3n) is 4.41. The number of rotatable bonds is 10. The fraction of sp³-hybridized carbons (Fsp3) is 0.261. The van der Waals surface area contributed by atoms with Gasteiger partial charge in [0.05, 0.1) is 25.2 Å². The van der Waals surface area contributed by atoms with Crippen molar-refractivity contribution in [3.63, 3.8) is 0 Å². The fourth-order valence-corrected chi connectivity index (χ4v) is 3.85. The summed E-state index contributed by atoms with van der Waals surface area (Å²) in [5.74, 6) is 0.446. The van der Waals surface area contributed by atoms with Crippen LogP contribution in [0.2, 0.25) is 5.02 Å². The molecule has 1 fully saturated rings. The molecule has 0 spiro atoms. The number of amides is 2. The second-order valence-electron chi connectivity index (χ2n) is 6.64. The van der Waals surface area contributed by atoms with Crippen LogP contribution in [0.5, 0.6) is 17.2 Å². The quantitative estimate of drug-likeness (QED) is 0.356. The minimum absolute atomic E-state index is 0.120. The zero-order chi connectivity index (χ0) is 23.8. The highest BCUT2D eigenvalue weighted by molar-refractivity contribution is 8.18. The average molecular weight is 492 g/mol. The molecule has 0 aliphatic carbocycles. The van der Waals surface area contributed by atoms with Crippen LogP contribution in [-0.2, 0) is 14.3 Å². The maximum atomic E-state index is 12.7. The van der Waals surface area contributed by atoms with E-state index in [1.54, 1.807) is 55.5 Å². The maximum Gasteiger partial charge on any atom is 0.344 e. The van der Waals surface area contributed by atoms with Gasteiger partial charge in [-0.2, -0.15) is 0 Å². The highest BCUT2D eigenvalue weighted by atomic mass is 35.5. The first-order valence-electron chi connectivity index (χ1n) is 10.0. The smallest absolute Gasteiger partial charge is 0.344 e. The van der Waals surface area contributed by atoms with Crippen molar-refractivity contribution < 1.29 is 33.3 Å². The lowest BCUT2D eigenvalue weighted by atomic mass is 10.2. The van der Waals surface area contributed by atoms with Crippen molar-refractivity contribution in [2.24, 2.45) is 0 Å². The molecule has 1 heterocycles. The summed E-state index contributed by atoms with van der Waals surface area (Å²) in [4.78, 5) is 37.9. The number of carbonyl (C=O) groups excluding carboxylic acids is 3. The van der Waals surface area contributed by atoms with Crippen molar-refractivity contribution in [2.45, 2.75) is 6.92 Å². The molecule has 0 atom stereocenters. The first kappa shape index (κ1) is 24.5. The molecule has 0 N–H and O–H groups in total. The summed E-state index contributed by atoms with van der Waals surface area (Å²) < 4.78 is 21.2. The number of nitrogens with zero attached hydrogens (tertiary/aromatic N) is 1. The monoisotopic (exact) mass is 491 g/mol. The molecular weight excluding hydrogens is 470 g/mol. The SMILES string of the molecule is CCOC(=O)COc1ccc(/C=C2\SC(=O)N(CCOc3ccc(Cl)cc3)C2=O)cc1OC. The van der Waals surface area contributed by atoms with Crippen molar-refractivity contribution in [1.82, 2.24) is 4.90 Å². The lowest BCUT2D eigenvalue weighted by molar-refractivity contribution is -0.145. The van der Waals surface area contributed by atoms with E-state index >= 15 is 0 Å². The number of thioether (sulfide) groups is 1. The van der Waals surface area contributed by atoms with E-state index in [1.165, 1.54) is 7.11 Å². The van der Waals surface area contributed by atoms with Gasteiger partial charge in [-0.25, -0.2) is 4.79 Å². The summed E-state index contributed by atoms with van der Waals surface area (Å²) in [6.07, 6.45) is 1.60. The number of halogens is 1. The van der Waals surface area contributed by atoms with E-state index in [1.807, 2.05) is 0 Å². The molecule has 2 aromatic rings. The normalized spacial score (nSPS) is 14.5. The Hall–Kier alpha value is -3.17. The van der Waals surface area contributed by atoms with Crippen molar-refractivity contribution in [1.29, 1.82) is 0 Å². The van der Waals surface area contributed by atoms with Gasteiger partial charge in [0.1, 0.15) is 12.4 Å². The third-order valence-corrected chi connectivity index (χ3v) is 5.57. The van der Waals surface area contributed by atoms with E-state index < -0.39 is 11.9 Å². The molecule has 0 radical (unpaired) electrons. The molecule has 3 rings (SSSR count). The molecule has 1 saturated heterocycles. The van der Waals surface area contributed by atoms with E-state index in [-0.39, 0.29) is 36.5 Å². The minimum atomic E-state index is -0.489. The van der Waals surface area contributed by atoms with E-state index in [0.717, 1.165) is 16.7 Å². The summed E-state index contributed by atoms with van der Waals surface area (Å²) in [5, 5.41) is 0.223. The van der Waals surface area contributed by atoms with Crippen molar-refractivity contribution in [3.05, 3.63) is 58.0 Å². The predicted molar refractivity (Wildman–Crippen MR) is 125 cm³/mol. The van der Waals surface area contributed by atoms with Crippen LogP contribution in [0.4, 0.5) is 4.79 Å². The minimum Gasteiger partial charge on any atom is -0.493 e. The van der Waals surface area contributed by atoms with Gasteiger partial charge in [-0.15, -0.1) is 0 Å². The van der Waals surface area contributed by atoms with Crippen molar-refractivity contribution in [3.8, 4) is 17.2 Å². The standard InChI is InChI=1S/C23H22ClNO7S/c1-3-30-21(26)14-32-18-9-4-15(12-19(18)29-2)13-20-22(27)25(23(28)33-20)10-11-31-17-7-5-16(24)6-8-17/h4-9,12-13H,3,10-11,14H2,1-2H3/b20-13-. The summed E-state index contributed by atoms with van der Waals surface area (Å²) >= 11 is 6.70. The van der Waals surface area contributed by atoms with E-state index in [0.29, 0.717) is 27.8 Å². The Morgan fingerprint density at radius 3 is 2.55 bits per heavy atom. The Kier molecular flexibility index (Phi) is 8.62. The van der Waals surface area contributed by atoms with Crippen LogP contribution in [0.1, 0.15) is 12.5 Å². The number of hydrogen-bond donors (Lipinski definition) is 0. The number of imide groups is 1. The summed E-state index contributed by atoms with van der Waals surface area (Å²) in [6.45, 7) is 2.00. The fourth-order valence-electron chi connectivity index (χ4n) is 2.86. The molecule has 33 heavy (non-hydrogen) atoms. The summed E-state index contributed by atoms with van der Waals surface area (Å²) in [6, 6.07) is 11.8. The van der Waals surface area contributed by atoms with Crippen molar-refractivity contribution >= 4 is 46.6 Å². The maximum absolute atomic E-state index is 12.7. The van der Waals surface area contributed by atoms with Crippen LogP contribution in [0.25, 0.3) is 6.08 Å². The number of carbonyl (C=O) groups is 3. The van der Waals surface area contributed by atoms with Gasteiger partial charge in [0.25, 0.3) is 11.1 Å². The van der Waals surface area contributed by atoms with Crippen LogP contribution >= 0.6 is 23.4 Å². The second kappa shape index (κ2) is 11.6. The van der Waals surface area contributed by atoms with Crippen LogP contribution in [0.3, 0.4) is 0 Å². The molecule has 1 aliphatic heterocycles. The Morgan fingerprint density at radius 2 is 1.85 bits per heavy atom. The largest absolute Gasteiger partial charge is 0.493 e. The van der Waals surface area contributed by atoms with Crippen LogP contribution in [0.15, 0.2) is 47.4 Å². The third kappa shape index (κ3) is 6.66. The molecule has 0 bridgehead atoms. The first-order valence-corrected chi connectivity index (χ1v) is 11.2. The predicted octanol–water partition coefficient (Wildman–Crippen LogP) is 4.41. The summed E-state index contributed by atoms with van der Waals surface area (Å²) in [5.41, 5.74) is 0.637. The highest BCUT2D eigenvalue weighted by Gasteiger charge is 2.34. The number of methoxy groups -OCH3 is 1. The number of hydrogen-bond acceptors (Lipinski definition) is 8. The molecule has 1 aliphatic rings. The molecule has 8 nitrogen and oxygen atoms in total. The van der Waals surface area contributed by atoms with Crippen LogP contribution in [0, 0.1) is 0 Å². The Morgan fingerprint density at radius 1 is 1.09 bits per heavy atom. The van der Waals surface area contributed by atoms with Gasteiger partial charge in [-0.1, -0.05) is 17.7 Å². The molecule has 2 amide bonds. The highest BCUT2D eigenvalue weighted by Crippen LogP contribution is 2.34. The van der Waals surface area contributed by atoms with Gasteiger partial charge in [0.2, 0.25) is 0 Å². The average Bonchev–Trinajstić information content (AvgIpc) is 3.06. The zero-order valence-corrected chi connectivity index (χ0v) is 19.6. The molecular formula is C23H22ClNO7S. The molecule has 10 heteroatoms. The van der Waals surface area contributed by atoms with Gasteiger partial charge in [-0.3, -0.25) is 14.5 Å². The topological polar surface area (TPSA) is 91.4 Å². The first-order chi connectivity index (χ1) is 15.9. The van der Waals surface area contributed by atoms with Gasteiger partial charge in [0, 0.05) is 5.02 Å². The van der Waals surface area contributed by atoms with E-state index in [9.17, 15) is 14.4 Å². The number of esters is 1. The van der Waals surface area contributed by atoms with E-state index in [2.05, 4.69) is 0 Å². The Bertz CT molecular complexity index is 1060. The van der Waals surface area contributed by atoms with Gasteiger partial charge in [-0.05, 0) is 66.7 Å². The van der Waals surface area contributed by atoms with Gasteiger partial charge >= 0.3 is 5.97 Å². The van der Waals surface area contributed by atoms with Gasteiger partial charge < -0.3 is 18.9 Å². The molecule has 174 valence electrons.